The number of ether oxygens (including phenoxy) is 1. The lowest BCUT2D eigenvalue weighted by Crippen LogP contribution is -1.96. The number of hydrogen-bond acceptors (Lipinski definition) is 3. The van der Waals surface area contributed by atoms with E-state index < -0.39 is 0 Å². The van der Waals surface area contributed by atoms with Crippen molar-refractivity contribution >= 4 is 12.0 Å². The molecule has 1 aromatic heterocycles. The van der Waals surface area contributed by atoms with E-state index in [-0.39, 0.29) is 5.97 Å². The zero-order valence-corrected chi connectivity index (χ0v) is 9.28. The van der Waals surface area contributed by atoms with E-state index in [1.807, 2.05) is 32.1 Å². The molecule has 0 fully saturated rings. The zero-order chi connectivity index (χ0) is 11.3. The standard InChI is InChI=1S/C12H15NO2/c1-9-7-8-11(10(2)13-9)5-4-6-12(14)15-3/h4-5,7-8H,6H2,1-3H3. The van der Waals surface area contributed by atoms with Gasteiger partial charge in [0.25, 0.3) is 0 Å². The predicted molar refractivity (Wildman–Crippen MR) is 59.4 cm³/mol. The third-order valence-electron chi connectivity index (χ3n) is 2.08. The average Bonchev–Trinajstić information content (AvgIpc) is 2.21. The lowest BCUT2D eigenvalue weighted by atomic mass is 10.1. The van der Waals surface area contributed by atoms with Crippen LogP contribution in [0.4, 0.5) is 0 Å². The molecule has 3 nitrogen and oxygen atoms in total. The molecule has 0 N–H and O–H groups in total. The molecule has 1 rings (SSSR count). The first-order valence-corrected chi connectivity index (χ1v) is 4.81. The van der Waals surface area contributed by atoms with Crippen LogP contribution in [0, 0.1) is 13.8 Å². The summed E-state index contributed by atoms with van der Waals surface area (Å²) in [4.78, 5) is 15.2. The van der Waals surface area contributed by atoms with Gasteiger partial charge in [0.15, 0.2) is 0 Å². The third kappa shape index (κ3) is 3.54. The van der Waals surface area contributed by atoms with Crippen molar-refractivity contribution in [2.24, 2.45) is 0 Å². The Balaban J connectivity index is 2.68. The second-order valence-electron chi connectivity index (χ2n) is 3.31. The Hall–Kier alpha value is -1.64. The van der Waals surface area contributed by atoms with E-state index in [4.69, 9.17) is 0 Å². The van der Waals surface area contributed by atoms with Gasteiger partial charge in [-0.25, -0.2) is 0 Å². The minimum absolute atomic E-state index is 0.232. The SMILES string of the molecule is COC(=O)CC=Cc1ccc(C)nc1C. The van der Waals surface area contributed by atoms with Crippen molar-refractivity contribution in [3.63, 3.8) is 0 Å². The molecule has 0 atom stereocenters. The molecule has 1 aromatic rings. The smallest absolute Gasteiger partial charge is 0.309 e. The Bertz CT molecular complexity index is 383. The Labute approximate surface area is 89.8 Å². The van der Waals surface area contributed by atoms with Gasteiger partial charge >= 0.3 is 5.97 Å². The highest BCUT2D eigenvalue weighted by atomic mass is 16.5. The maximum atomic E-state index is 10.9. The number of rotatable bonds is 3. The molecule has 15 heavy (non-hydrogen) atoms. The molecule has 1 heterocycles. The van der Waals surface area contributed by atoms with E-state index >= 15 is 0 Å². The van der Waals surface area contributed by atoms with Gasteiger partial charge in [-0.15, -0.1) is 0 Å². The number of esters is 1. The quantitative estimate of drug-likeness (QED) is 0.710. The molecule has 0 amide bonds. The lowest BCUT2D eigenvalue weighted by Gasteiger charge is -2.00. The number of hydrogen-bond donors (Lipinski definition) is 0. The minimum atomic E-state index is -0.232. The number of carbonyl (C=O) groups excluding carboxylic acids is 1. The van der Waals surface area contributed by atoms with Crippen molar-refractivity contribution in [1.29, 1.82) is 0 Å². The maximum Gasteiger partial charge on any atom is 0.309 e. The summed E-state index contributed by atoms with van der Waals surface area (Å²) in [7, 11) is 1.38. The van der Waals surface area contributed by atoms with Crippen LogP contribution in [0.2, 0.25) is 0 Å². The van der Waals surface area contributed by atoms with E-state index in [9.17, 15) is 4.79 Å². The van der Waals surface area contributed by atoms with Crippen LogP contribution in [-0.4, -0.2) is 18.1 Å². The maximum absolute atomic E-state index is 10.9. The van der Waals surface area contributed by atoms with Gasteiger partial charge < -0.3 is 4.74 Å². The van der Waals surface area contributed by atoms with Crippen molar-refractivity contribution in [3.8, 4) is 0 Å². The molecule has 0 saturated heterocycles. The number of aryl methyl sites for hydroxylation is 2. The second kappa shape index (κ2) is 5.29. The summed E-state index contributed by atoms with van der Waals surface area (Å²) < 4.78 is 4.53. The Morgan fingerprint density at radius 2 is 2.20 bits per heavy atom. The summed E-state index contributed by atoms with van der Waals surface area (Å²) in [6.45, 7) is 3.90. The van der Waals surface area contributed by atoms with Gasteiger partial charge in [0.1, 0.15) is 0 Å². The van der Waals surface area contributed by atoms with E-state index in [0.717, 1.165) is 17.0 Å². The Morgan fingerprint density at radius 3 is 2.80 bits per heavy atom. The third-order valence-corrected chi connectivity index (χ3v) is 2.08. The number of pyridine rings is 1. The van der Waals surface area contributed by atoms with Crippen LogP contribution in [-0.2, 0) is 9.53 Å². The number of aromatic nitrogens is 1. The monoisotopic (exact) mass is 205 g/mol. The highest BCUT2D eigenvalue weighted by molar-refractivity contribution is 5.72. The fraction of sp³-hybridized carbons (Fsp3) is 0.333. The zero-order valence-electron chi connectivity index (χ0n) is 9.28. The van der Waals surface area contributed by atoms with E-state index in [1.54, 1.807) is 6.08 Å². The molecule has 0 aromatic carbocycles. The minimum Gasteiger partial charge on any atom is -0.469 e. The van der Waals surface area contributed by atoms with Crippen LogP contribution >= 0.6 is 0 Å². The lowest BCUT2D eigenvalue weighted by molar-refractivity contribution is -0.139. The van der Waals surface area contributed by atoms with Gasteiger partial charge in [0, 0.05) is 11.4 Å². The van der Waals surface area contributed by atoms with Gasteiger partial charge in [0.05, 0.1) is 13.5 Å². The number of nitrogens with zero attached hydrogens (tertiary/aromatic N) is 1. The Kier molecular flexibility index (Phi) is 4.03. The Morgan fingerprint density at radius 1 is 1.47 bits per heavy atom. The molecule has 0 aliphatic heterocycles. The molecule has 0 radical (unpaired) electrons. The van der Waals surface area contributed by atoms with Gasteiger partial charge in [0.2, 0.25) is 0 Å². The average molecular weight is 205 g/mol. The molecule has 0 spiro atoms. The predicted octanol–water partition coefficient (Wildman–Crippen LogP) is 2.27. The topological polar surface area (TPSA) is 39.2 Å². The molecular formula is C12H15NO2. The van der Waals surface area contributed by atoms with Crippen LogP contribution in [0.5, 0.6) is 0 Å². The van der Waals surface area contributed by atoms with Crippen molar-refractivity contribution in [2.75, 3.05) is 7.11 Å². The molecule has 0 aliphatic rings. The van der Waals surface area contributed by atoms with Crippen LogP contribution in [0.1, 0.15) is 23.4 Å². The molecule has 3 heteroatoms. The van der Waals surface area contributed by atoms with E-state index in [1.165, 1.54) is 7.11 Å². The fourth-order valence-electron chi connectivity index (χ4n) is 1.24. The fourth-order valence-corrected chi connectivity index (χ4v) is 1.24. The molecular weight excluding hydrogens is 190 g/mol. The summed E-state index contributed by atoms with van der Waals surface area (Å²) >= 11 is 0. The largest absolute Gasteiger partial charge is 0.469 e. The number of carbonyl (C=O) groups is 1. The van der Waals surface area contributed by atoms with E-state index in [0.29, 0.717) is 6.42 Å². The molecule has 80 valence electrons. The highest BCUT2D eigenvalue weighted by Crippen LogP contribution is 2.08. The van der Waals surface area contributed by atoms with Crippen molar-refractivity contribution < 1.29 is 9.53 Å². The van der Waals surface area contributed by atoms with Crippen LogP contribution in [0.25, 0.3) is 6.08 Å². The van der Waals surface area contributed by atoms with Gasteiger partial charge in [-0.3, -0.25) is 9.78 Å². The molecule has 0 unspecified atom stereocenters. The number of methoxy groups -OCH3 is 1. The van der Waals surface area contributed by atoms with Crippen LogP contribution < -0.4 is 0 Å². The highest BCUT2D eigenvalue weighted by Gasteiger charge is 1.97. The molecule has 0 aliphatic carbocycles. The molecule has 0 saturated carbocycles. The van der Waals surface area contributed by atoms with Gasteiger partial charge in [-0.1, -0.05) is 18.2 Å². The van der Waals surface area contributed by atoms with Crippen molar-refractivity contribution in [1.82, 2.24) is 4.98 Å². The van der Waals surface area contributed by atoms with Gasteiger partial charge in [-0.05, 0) is 25.5 Å². The van der Waals surface area contributed by atoms with Crippen molar-refractivity contribution in [2.45, 2.75) is 20.3 Å². The summed E-state index contributed by atoms with van der Waals surface area (Å²) in [5.41, 5.74) is 3.00. The van der Waals surface area contributed by atoms with Gasteiger partial charge in [-0.2, -0.15) is 0 Å². The van der Waals surface area contributed by atoms with Crippen molar-refractivity contribution in [3.05, 3.63) is 35.2 Å². The summed E-state index contributed by atoms with van der Waals surface area (Å²) in [6, 6.07) is 3.94. The first kappa shape index (κ1) is 11.4. The molecule has 0 bridgehead atoms. The van der Waals surface area contributed by atoms with Crippen LogP contribution in [0.15, 0.2) is 18.2 Å². The summed E-state index contributed by atoms with van der Waals surface area (Å²) in [5, 5.41) is 0. The second-order valence-corrected chi connectivity index (χ2v) is 3.31. The summed E-state index contributed by atoms with van der Waals surface area (Å²) in [6.07, 6.45) is 3.97. The first-order chi connectivity index (χ1) is 7.13. The van der Waals surface area contributed by atoms with E-state index in [2.05, 4.69) is 9.72 Å². The first-order valence-electron chi connectivity index (χ1n) is 4.81. The summed E-state index contributed by atoms with van der Waals surface area (Å²) in [5.74, 6) is -0.232. The normalized spacial score (nSPS) is 10.6. The van der Waals surface area contributed by atoms with Crippen LogP contribution in [0.3, 0.4) is 0 Å².